The van der Waals surface area contributed by atoms with Gasteiger partial charge in [-0.2, -0.15) is 4.98 Å². The molecule has 146 valence electrons. The van der Waals surface area contributed by atoms with E-state index in [1.165, 1.54) is 6.42 Å². The standard InChI is InChI=1S/C17H26N8O2/c1-23(12-15-19-16(27-21-15)13-3-2-4-13)17(26)14-11-25(22-20-14)10-9-24-7-5-18-6-8-24/h11,13,18H,2-10,12H2,1H3. The van der Waals surface area contributed by atoms with Crippen molar-refractivity contribution < 1.29 is 9.32 Å². The molecule has 0 atom stereocenters. The van der Waals surface area contributed by atoms with E-state index in [0.29, 0.717) is 29.9 Å². The molecule has 1 aliphatic heterocycles. The van der Waals surface area contributed by atoms with Crippen LogP contribution in [0.1, 0.15) is 47.4 Å². The molecule has 3 heterocycles. The lowest BCUT2D eigenvalue weighted by atomic mass is 9.85. The Bertz CT molecular complexity index is 763. The number of carbonyl (C=O) groups excluding carboxylic acids is 1. The molecule has 0 unspecified atom stereocenters. The van der Waals surface area contributed by atoms with Gasteiger partial charge in [0.1, 0.15) is 0 Å². The molecule has 0 aromatic carbocycles. The van der Waals surface area contributed by atoms with Crippen LogP contribution in [0.3, 0.4) is 0 Å². The van der Waals surface area contributed by atoms with E-state index in [-0.39, 0.29) is 5.91 Å². The Morgan fingerprint density at radius 3 is 2.89 bits per heavy atom. The Morgan fingerprint density at radius 1 is 1.33 bits per heavy atom. The zero-order chi connectivity index (χ0) is 18.6. The van der Waals surface area contributed by atoms with Gasteiger partial charge in [0.25, 0.3) is 5.91 Å². The molecule has 0 spiro atoms. The van der Waals surface area contributed by atoms with Crippen LogP contribution in [0.25, 0.3) is 0 Å². The van der Waals surface area contributed by atoms with Gasteiger partial charge < -0.3 is 14.7 Å². The van der Waals surface area contributed by atoms with Gasteiger partial charge in [0.2, 0.25) is 5.89 Å². The third-order valence-corrected chi connectivity index (χ3v) is 5.28. The van der Waals surface area contributed by atoms with Crippen molar-refractivity contribution in [3.05, 3.63) is 23.6 Å². The van der Waals surface area contributed by atoms with Gasteiger partial charge in [-0.05, 0) is 12.8 Å². The van der Waals surface area contributed by atoms with Crippen molar-refractivity contribution in [1.82, 2.24) is 40.3 Å². The van der Waals surface area contributed by atoms with Crippen LogP contribution in [-0.4, -0.2) is 80.6 Å². The van der Waals surface area contributed by atoms with Crippen molar-refractivity contribution in [3.8, 4) is 0 Å². The summed E-state index contributed by atoms with van der Waals surface area (Å²) in [5.74, 6) is 1.41. The van der Waals surface area contributed by atoms with E-state index in [2.05, 4.69) is 30.7 Å². The Labute approximate surface area is 157 Å². The largest absolute Gasteiger partial charge is 0.339 e. The molecule has 1 amide bonds. The highest BCUT2D eigenvalue weighted by atomic mass is 16.5. The normalized spacial score (nSPS) is 18.4. The van der Waals surface area contributed by atoms with Gasteiger partial charge in [-0.25, -0.2) is 0 Å². The summed E-state index contributed by atoms with van der Waals surface area (Å²) in [6, 6.07) is 0. The predicted octanol–water partition coefficient (Wildman–Crippen LogP) is 0.106. The molecule has 2 aromatic heterocycles. The molecule has 27 heavy (non-hydrogen) atoms. The summed E-state index contributed by atoms with van der Waals surface area (Å²) in [7, 11) is 1.71. The smallest absolute Gasteiger partial charge is 0.276 e. The number of aromatic nitrogens is 5. The van der Waals surface area contributed by atoms with Gasteiger partial charge in [-0.15, -0.1) is 5.10 Å². The van der Waals surface area contributed by atoms with Crippen LogP contribution in [0.2, 0.25) is 0 Å². The minimum Gasteiger partial charge on any atom is -0.339 e. The molecule has 2 aliphatic rings. The first-order valence-electron chi connectivity index (χ1n) is 9.60. The first-order chi connectivity index (χ1) is 13.2. The summed E-state index contributed by atoms with van der Waals surface area (Å²) >= 11 is 0. The molecular weight excluding hydrogens is 348 g/mol. The highest BCUT2D eigenvalue weighted by Crippen LogP contribution is 2.35. The van der Waals surface area contributed by atoms with Crippen molar-refractivity contribution >= 4 is 5.91 Å². The quantitative estimate of drug-likeness (QED) is 0.728. The number of hydrogen-bond donors (Lipinski definition) is 1. The maximum Gasteiger partial charge on any atom is 0.276 e. The number of carbonyl (C=O) groups is 1. The topological polar surface area (TPSA) is 105 Å². The summed E-state index contributed by atoms with van der Waals surface area (Å²) in [6.45, 7) is 6.03. The SMILES string of the molecule is CN(Cc1noc(C2CCC2)n1)C(=O)c1cn(CCN2CCNCC2)nn1. The van der Waals surface area contributed by atoms with Crippen LogP contribution >= 0.6 is 0 Å². The Balaban J connectivity index is 1.29. The molecule has 1 N–H and O–H groups in total. The third-order valence-electron chi connectivity index (χ3n) is 5.28. The second-order valence-corrected chi connectivity index (χ2v) is 7.30. The highest BCUT2D eigenvalue weighted by molar-refractivity contribution is 5.91. The molecule has 2 aromatic rings. The maximum absolute atomic E-state index is 12.6. The van der Waals surface area contributed by atoms with E-state index in [0.717, 1.165) is 52.1 Å². The minimum atomic E-state index is -0.196. The van der Waals surface area contributed by atoms with Gasteiger partial charge in [0.15, 0.2) is 11.5 Å². The van der Waals surface area contributed by atoms with Crippen LogP contribution in [0.5, 0.6) is 0 Å². The molecule has 4 rings (SSSR count). The lowest BCUT2D eigenvalue weighted by Crippen LogP contribution is -2.44. The molecule has 1 saturated carbocycles. The van der Waals surface area contributed by atoms with Crippen LogP contribution in [0.4, 0.5) is 0 Å². The summed E-state index contributed by atoms with van der Waals surface area (Å²) in [5, 5.41) is 15.4. The molecule has 10 heteroatoms. The summed E-state index contributed by atoms with van der Waals surface area (Å²) in [4.78, 5) is 20.9. The number of rotatable bonds is 7. The number of amides is 1. The summed E-state index contributed by atoms with van der Waals surface area (Å²) in [5.41, 5.74) is 0.334. The van der Waals surface area contributed by atoms with Crippen molar-refractivity contribution in [2.24, 2.45) is 0 Å². The summed E-state index contributed by atoms with van der Waals surface area (Å²) in [6.07, 6.45) is 5.13. The number of nitrogens with zero attached hydrogens (tertiary/aromatic N) is 7. The Morgan fingerprint density at radius 2 is 2.15 bits per heavy atom. The molecule has 2 fully saturated rings. The first-order valence-corrected chi connectivity index (χ1v) is 9.60. The number of piperazine rings is 1. The fourth-order valence-corrected chi connectivity index (χ4v) is 3.32. The van der Waals surface area contributed by atoms with Gasteiger partial charge >= 0.3 is 0 Å². The Hall–Kier alpha value is -2.33. The van der Waals surface area contributed by atoms with E-state index in [1.807, 2.05) is 0 Å². The average Bonchev–Trinajstić information content (AvgIpc) is 3.28. The van der Waals surface area contributed by atoms with Crippen LogP contribution in [0.15, 0.2) is 10.7 Å². The molecular formula is C17H26N8O2. The van der Waals surface area contributed by atoms with E-state index in [9.17, 15) is 4.79 Å². The zero-order valence-electron chi connectivity index (χ0n) is 15.7. The molecule has 0 radical (unpaired) electrons. The van der Waals surface area contributed by atoms with E-state index < -0.39 is 0 Å². The Kier molecular flexibility index (Phi) is 5.44. The fraction of sp³-hybridized carbons (Fsp3) is 0.706. The van der Waals surface area contributed by atoms with E-state index >= 15 is 0 Å². The average molecular weight is 374 g/mol. The lowest BCUT2D eigenvalue weighted by Gasteiger charge is -2.26. The van der Waals surface area contributed by atoms with Gasteiger partial charge in [-0.1, -0.05) is 16.8 Å². The van der Waals surface area contributed by atoms with E-state index in [1.54, 1.807) is 22.8 Å². The number of nitrogens with one attached hydrogen (secondary N) is 1. The predicted molar refractivity (Wildman–Crippen MR) is 96.0 cm³/mol. The van der Waals surface area contributed by atoms with Crippen molar-refractivity contribution in [2.45, 2.75) is 38.3 Å². The van der Waals surface area contributed by atoms with Crippen LogP contribution in [-0.2, 0) is 13.1 Å². The van der Waals surface area contributed by atoms with Gasteiger partial charge in [0.05, 0.1) is 19.3 Å². The minimum absolute atomic E-state index is 0.196. The van der Waals surface area contributed by atoms with Crippen LogP contribution < -0.4 is 5.32 Å². The molecule has 10 nitrogen and oxygen atoms in total. The van der Waals surface area contributed by atoms with E-state index in [4.69, 9.17) is 4.52 Å². The second-order valence-electron chi connectivity index (χ2n) is 7.30. The number of hydrogen-bond acceptors (Lipinski definition) is 8. The lowest BCUT2D eigenvalue weighted by molar-refractivity contribution is 0.0774. The maximum atomic E-state index is 12.6. The van der Waals surface area contributed by atoms with Crippen LogP contribution in [0, 0.1) is 0 Å². The third kappa shape index (κ3) is 4.33. The van der Waals surface area contributed by atoms with Gasteiger partial charge in [0, 0.05) is 45.7 Å². The van der Waals surface area contributed by atoms with Crippen molar-refractivity contribution in [2.75, 3.05) is 39.8 Å². The fourth-order valence-electron chi connectivity index (χ4n) is 3.32. The monoisotopic (exact) mass is 374 g/mol. The zero-order valence-corrected chi connectivity index (χ0v) is 15.7. The summed E-state index contributed by atoms with van der Waals surface area (Å²) < 4.78 is 7.04. The van der Waals surface area contributed by atoms with Gasteiger partial charge in [-0.3, -0.25) is 14.4 Å². The van der Waals surface area contributed by atoms with Crippen molar-refractivity contribution in [1.29, 1.82) is 0 Å². The second kappa shape index (κ2) is 8.13. The molecule has 1 aliphatic carbocycles. The molecule has 0 bridgehead atoms. The first kappa shape index (κ1) is 18.1. The van der Waals surface area contributed by atoms with Crippen molar-refractivity contribution in [3.63, 3.8) is 0 Å². The highest BCUT2D eigenvalue weighted by Gasteiger charge is 2.26. The molecule has 1 saturated heterocycles.